The van der Waals surface area contributed by atoms with Crippen LogP contribution in [0.5, 0.6) is 5.75 Å². The van der Waals surface area contributed by atoms with E-state index in [0.717, 1.165) is 15.7 Å². The van der Waals surface area contributed by atoms with Gasteiger partial charge in [-0.1, -0.05) is 15.9 Å². The number of rotatable bonds is 4. The Morgan fingerprint density at radius 2 is 1.96 bits per heavy atom. The Balaban J connectivity index is 1.98. The molecule has 0 saturated carbocycles. The fourth-order valence-corrected chi connectivity index (χ4v) is 2.80. The van der Waals surface area contributed by atoms with Gasteiger partial charge in [0.1, 0.15) is 5.75 Å². The lowest BCUT2D eigenvalue weighted by atomic mass is 10.2. The molecule has 0 aliphatic carbocycles. The zero-order valence-electron chi connectivity index (χ0n) is 13.6. The molecule has 0 saturated heterocycles. The molecule has 0 bridgehead atoms. The first kappa shape index (κ1) is 17.4. The van der Waals surface area contributed by atoms with Gasteiger partial charge in [-0.15, -0.1) is 0 Å². The van der Waals surface area contributed by atoms with Crippen LogP contribution in [0.4, 0.5) is 5.69 Å². The molecule has 2 aromatic carbocycles. The Kier molecular flexibility index (Phi) is 5.00. The van der Waals surface area contributed by atoms with E-state index in [9.17, 15) is 5.11 Å². The lowest BCUT2D eigenvalue weighted by Crippen LogP contribution is -2.08. The molecule has 0 amide bonds. The minimum atomic E-state index is 0.138. The van der Waals surface area contributed by atoms with Crippen LogP contribution in [0, 0.1) is 4.77 Å². The van der Waals surface area contributed by atoms with Crippen LogP contribution in [0.3, 0.4) is 0 Å². The van der Waals surface area contributed by atoms with Crippen molar-refractivity contribution in [3.05, 3.63) is 57.3 Å². The molecule has 0 aliphatic heterocycles. The van der Waals surface area contributed by atoms with Crippen LogP contribution in [0.15, 0.2) is 52.0 Å². The Morgan fingerprint density at radius 1 is 1.24 bits per heavy atom. The molecule has 2 N–H and O–H groups in total. The lowest BCUT2D eigenvalue weighted by molar-refractivity contribution is 0.474. The smallest absolute Gasteiger partial charge is 0.216 e. The molecule has 0 fully saturated rings. The van der Waals surface area contributed by atoms with Crippen molar-refractivity contribution in [2.75, 3.05) is 19.0 Å². The quantitative estimate of drug-likeness (QED) is 0.496. The normalized spacial score (nSPS) is 11.2. The average Bonchev–Trinajstić information content (AvgIpc) is 2.96. The standard InChI is InChI=1S/C17H16BrN5OS/c1-22(2)14-6-3-11(4-7-14)16-20-21-17(25)23(16)19-10-12-9-13(18)5-8-15(12)24/h3-10,24H,1-2H3,(H,21,25)/b19-10-. The summed E-state index contributed by atoms with van der Waals surface area (Å²) in [6, 6.07) is 13.1. The number of nitrogens with one attached hydrogen (secondary N) is 1. The molecule has 1 aromatic heterocycles. The summed E-state index contributed by atoms with van der Waals surface area (Å²) in [6.45, 7) is 0. The summed E-state index contributed by atoms with van der Waals surface area (Å²) in [4.78, 5) is 2.02. The number of anilines is 1. The maximum Gasteiger partial charge on any atom is 0.216 e. The van der Waals surface area contributed by atoms with Gasteiger partial charge < -0.3 is 10.0 Å². The number of aromatic hydroxyl groups is 1. The minimum Gasteiger partial charge on any atom is -0.507 e. The Morgan fingerprint density at radius 3 is 2.64 bits per heavy atom. The average molecular weight is 418 g/mol. The van der Waals surface area contributed by atoms with E-state index >= 15 is 0 Å². The number of hydrogen-bond donors (Lipinski definition) is 2. The molecular weight excluding hydrogens is 402 g/mol. The molecule has 0 spiro atoms. The first-order chi connectivity index (χ1) is 12.0. The van der Waals surface area contributed by atoms with Gasteiger partial charge >= 0.3 is 0 Å². The molecule has 25 heavy (non-hydrogen) atoms. The van der Waals surface area contributed by atoms with E-state index in [1.165, 1.54) is 4.68 Å². The van der Waals surface area contributed by atoms with Gasteiger partial charge in [-0.2, -0.15) is 14.9 Å². The van der Waals surface area contributed by atoms with Crippen molar-refractivity contribution in [1.82, 2.24) is 14.9 Å². The van der Waals surface area contributed by atoms with Crippen molar-refractivity contribution in [1.29, 1.82) is 0 Å². The SMILES string of the molecule is CN(C)c1ccc(-c2n[nH]c(=S)n2/N=C\c2cc(Br)ccc2O)cc1. The molecule has 0 unspecified atom stereocenters. The number of H-pyrrole nitrogens is 1. The first-order valence-electron chi connectivity index (χ1n) is 7.44. The van der Waals surface area contributed by atoms with E-state index in [1.807, 2.05) is 43.3 Å². The van der Waals surface area contributed by atoms with E-state index in [4.69, 9.17) is 12.2 Å². The van der Waals surface area contributed by atoms with Crippen LogP contribution in [-0.4, -0.2) is 40.3 Å². The van der Waals surface area contributed by atoms with E-state index in [0.29, 0.717) is 16.2 Å². The monoisotopic (exact) mass is 417 g/mol. The van der Waals surface area contributed by atoms with E-state index in [-0.39, 0.29) is 5.75 Å². The van der Waals surface area contributed by atoms with Crippen molar-refractivity contribution < 1.29 is 5.11 Å². The predicted molar refractivity (Wildman–Crippen MR) is 106 cm³/mol. The third kappa shape index (κ3) is 3.80. The van der Waals surface area contributed by atoms with Gasteiger partial charge in [-0.05, 0) is 54.7 Å². The molecular formula is C17H16BrN5OS. The molecule has 8 heteroatoms. The zero-order chi connectivity index (χ0) is 18.0. The maximum atomic E-state index is 9.93. The highest BCUT2D eigenvalue weighted by atomic mass is 79.9. The highest BCUT2D eigenvalue weighted by molar-refractivity contribution is 9.10. The highest BCUT2D eigenvalue weighted by Gasteiger charge is 2.09. The summed E-state index contributed by atoms with van der Waals surface area (Å²) >= 11 is 8.64. The number of aromatic amines is 1. The number of phenolic OH excluding ortho intramolecular Hbond substituents is 1. The minimum absolute atomic E-state index is 0.138. The van der Waals surface area contributed by atoms with Crippen LogP contribution < -0.4 is 4.90 Å². The third-order valence-electron chi connectivity index (χ3n) is 3.59. The summed E-state index contributed by atoms with van der Waals surface area (Å²) in [5.74, 6) is 0.736. The molecule has 0 radical (unpaired) electrons. The molecule has 1 heterocycles. The highest BCUT2D eigenvalue weighted by Crippen LogP contribution is 2.22. The lowest BCUT2D eigenvalue weighted by Gasteiger charge is -2.12. The van der Waals surface area contributed by atoms with Crippen molar-refractivity contribution >= 4 is 40.0 Å². The largest absolute Gasteiger partial charge is 0.507 e. The van der Waals surface area contributed by atoms with E-state index in [2.05, 4.69) is 31.2 Å². The fraction of sp³-hybridized carbons (Fsp3) is 0.118. The molecule has 0 atom stereocenters. The van der Waals surface area contributed by atoms with Gasteiger partial charge in [0.05, 0.1) is 6.21 Å². The summed E-state index contributed by atoms with van der Waals surface area (Å²) < 4.78 is 2.75. The second-order valence-corrected chi connectivity index (χ2v) is 6.86. The van der Waals surface area contributed by atoms with E-state index in [1.54, 1.807) is 24.4 Å². The van der Waals surface area contributed by atoms with Gasteiger partial charge in [0.15, 0.2) is 5.82 Å². The van der Waals surface area contributed by atoms with Crippen molar-refractivity contribution in [3.63, 3.8) is 0 Å². The molecule has 3 rings (SSSR count). The Hall–Kier alpha value is -2.45. The number of phenols is 1. The molecule has 6 nitrogen and oxygen atoms in total. The van der Waals surface area contributed by atoms with Crippen LogP contribution in [0.25, 0.3) is 11.4 Å². The number of nitrogens with zero attached hydrogens (tertiary/aromatic N) is 4. The summed E-state index contributed by atoms with van der Waals surface area (Å²) in [6.07, 6.45) is 1.54. The summed E-state index contributed by atoms with van der Waals surface area (Å²) in [7, 11) is 3.97. The third-order valence-corrected chi connectivity index (χ3v) is 4.35. The van der Waals surface area contributed by atoms with Crippen LogP contribution in [0.1, 0.15) is 5.56 Å². The topological polar surface area (TPSA) is 69.4 Å². The van der Waals surface area contributed by atoms with Crippen LogP contribution in [0.2, 0.25) is 0 Å². The number of hydrogen-bond acceptors (Lipinski definition) is 5. The predicted octanol–water partition coefficient (Wildman–Crippen LogP) is 4.02. The Labute approximate surface area is 158 Å². The molecule has 3 aromatic rings. The van der Waals surface area contributed by atoms with Gasteiger partial charge in [0, 0.05) is 35.4 Å². The van der Waals surface area contributed by atoms with Gasteiger partial charge in [0.25, 0.3) is 0 Å². The second-order valence-electron chi connectivity index (χ2n) is 5.55. The maximum absolute atomic E-state index is 9.93. The van der Waals surface area contributed by atoms with Gasteiger partial charge in [0.2, 0.25) is 4.77 Å². The van der Waals surface area contributed by atoms with Crippen LogP contribution >= 0.6 is 28.1 Å². The number of halogens is 1. The van der Waals surface area contributed by atoms with Crippen molar-refractivity contribution in [2.24, 2.45) is 5.10 Å². The number of benzene rings is 2. The van der Waals surface area contributed by atoms with Crippen molar-refractivity contribution in [2.45, 2.75) is 0 Å². The van der Waals surface area contributed by atoms with Crippen LogP contribution in [-0.2, 0) is 0 Å². The number of aromatic nitrogens is 3. The first-order valence-corrected chi connectivity index (χ1v) is 8.64. The zero-order valence-corrected chi connectivity index (χ0v) is 16.0. The summed E-state index contributed by atoms with van der Waals surface area (Å²) in [5.41, 5.74) is 2.55. The van der Waals surface area contributed by atoms with Gasteiger partial charge in [-0.25, -0.2) is 5.10 Å². The van der Waals surface area contributed by atoms with Gasteiger partial charge in [-0.3, -0.25) is 0 Å². The van der Waals surface area contributed by atoms with E-state index < -0.39 is 0 Å². The second kappa shape index (κ2) is 7.20. The fourth-order valence-electron chi connectivity index (χ4n) is 2.24. The van der Waals surface area contributed by atoms with Crippen molar-refractivity contribution in [3.8, 4) is 17.1 Å². The molecule has 0 aliphatic rings. The molecule has 128 valence electrons. The summed E-state index contributed by atoms with van der Waals surface area (Å²) in [5, 5.41) is 21.3. The Bertz CT molecular complexity index is 975.